The molecule has 5 N–H and O–H groups in total. The van der Waals surface area contributed by atoms with Crippen LogP contribution in [-0.4, -0.2) is 41.1 Å². The number of anilines is 1. The van der Waals surface area contributed by atoms with Gasteiger partial charge in [-0.3, -0.25) is 10.2 Å². The van der Waals surface area contributed by atoms with Gasteiger partial charge in [-0.1, -0.05) is 18.5 Å². The minimum atomic E-state index is -3.63. The molecule has 1 atom stereocenters. The first-order valence-electron chi connectivity index (χ1n) is 10.7. The third-order valence-corrected chi connectivity index (χ3v) is 5.00. The number of nitrogens with zero attached hydrogens (tertiary/aromatic N) is 1. The molecule has 13 heteroatoms. The number of nitrogen functional groups attached to an aromatic ring is 1. The summed E-state index contributed by atoms with van der Waals surface area (Å²) in [6.07, 6.45) is 0.247. The Balaban J connectivity index is 2.02. The van der Waals surface area contributed by atoms with Crippen LogP contribution in [0.25, 0.3) is 0 Å². The molecule has 196 valence electrons. The number of pyridine rings is 1. The number of alkyl halides is 2. The molecule has 0 saturated carbocycles. The number of carbonyl (C=O) groups is 2. The van der Waals surface area contributed by atoms with E-state index in [4.69, 9.17) is 27.5 Å². The van der Waals surface area contributed by atoms with Crippen molar-refractivity contribution < 1.29 is 32.2 Å². The molecule has 36 heavy (non-hydrogen) atoms. The Kier molecular flexibility index (Phi) is 9.14. The Labute approximate surface area is 211 Å². The predicted molar refractivity (Wildman–Crippen MR) is 128 cm³/mol. The van der Waals surface area contributed by atoms with E-state index < -0.39 is 47.9 Å². The largest absolute Gasteiger partial charge is 0.459 e. The van der Waals surface area contributed by atoms with E-state index in [1.54, 1.807) is 20.8 Å². The van der Waals surface area contributed by atoms with Crippen molar-refractivity contribution >= 4 is 35.3 Å². The molecule has 0 aliphatic carbocycles. The Morgan fingerprint density at radius 2 is 1.92 bits per heavy atom. The van der Waals surface area contributed by atoms with Gasteiger partial charge in [-0.05, 0) is 56.2 Å². The Bertz CT molecular complexity index is 1120. The number of hydrogen-bond donors (Lipinski definition) is 4. The summed E-state index contributed by atoms with van der Waals surface area (Å²) in [5.74, 6) is -6.86. The predicted octanol–water partition coefficient (Wildman–Crippen LogP) is 4.60. The standard InChI is InChI=1S/C23H27ClF3N5O4/c1-12(23(26,27)11-35-20(29)32-21(34)36-22(2,3)4)15-8-17(28)13(7-16(15)25)9-31-19(33)18-6-5-14(24)10-30-18/h5-8,10,12H,9,11,28H2,1-4H3,(H,31,33)(H2,29,32,34). The first-order chi connectivity index (χ1) is 16.6. The van der Waals surface area contributed by atoms with Gasteiger partial charge in [0.25, 0.3) is 17.9 Å². The van der Waals surface area contributed by atoms with Crippen LogP contribution in [0.15, 0.2) is 30.5 Å². The normalized spacial score (nSPS) is 12.4. The Hall–Kier alpha value is -3.54. The number of nitrogens with one attached hydrogen (secondary N) is 3. The summed E-state index contributed by atoms with van der Waals surface area (Å²) in [6.45, 7) is 4.34. The highest BCUT2D eigenvalue weighted by atomic mass is 35.5. The van der Waals surface area contributed by atoms with Gasteiger partial charge in [0.1, 0.15) is 17.1 Å². The van der Waals surface area contributed by atoms with Crippen LogP contribution in [-0.2, 0) is 16.0 Å². The first kappa shape index (κ1) is 28.7. The van der Waals surface area contributed by atoms with E-state index >= 15 is 0 Å². The second kappa shape index (κ2) is 11.5. The maximum absolute atomic E-state index is 14.7. The van der Waals surface area contributed by atoms with Crippen molar-refractivity contribution in [2.75, 3.05) is 12.3 Å². The van der Waals surface area contributed by atoms with Crippen LogP contribution in [0.2, 0.25) is 5.02 Å². The van der Waals surface area contributed by atoms with Crippen molar-refractivity contribution in [2.24, 2.45) is 0 Å². The van der Waals surface area contributed by atoms with Crippen molar-refractivity contribution in [3.63, 3.8) is 0 Å². The molecule has 2 aromatic rings. The monoisotopic (exact) mass is 529 g/mol. The molecule has 0 fully saturated rings. The third kappa shape index (κ3) is 8.29. The molecular weight excluding hydrogens is 503 g/mol. The van der Waals surface area contributed by atoms with E-state index in [2.05, 4.69) is 15.0 Å². The Morgan fingerprint density at radius 3 is 2.50 bits per heavy atom. The number of carbonyl (C=O) groups excluding carboxylic acids is 2. The molecule has 0 aliphatic rings. The molecule has 1 heterocycles. The van der Waals surface area contributed by atoms with Crippen molar-refractivity contribution in [2.45, 2.75) is 51.7 Å². The van der Waals surface area contributed by atoms with Gasteiger partial charge in [0.05, 0.1) is 10.9 Å². The van der Waals surface area contributed by atoms with Crippen LogP contribution in [0.1, 0.15) is 55.2 Å². The Morgan fingerprint density at radius 1 is 1.25 bits per heavy atom. The number of alkyl carbamates (subject to hydrolysis) is 1. The lowest BCUT2D eigenvalue weighted by Crippen LogP contribution is -2.40. The minimum Gasteiger partial charge on any atom is -0.459 e. The van der Waals surface area contributed by atoms with Gasteiger partial charge in [0, 0.05) is 18.4 Å². The summed E-state index contributed by atoms with van der Waals surface area (Å²) < 4.78 is 53.7. The highest BCUT2D eigenvalue weighted by Crippen LogP contribution is 2.36. The number of aromatic nitrogens is 1. The van der Waals surface area contributed by atoms with Crippen molar-refractivity contribution in [1.82, 2.24) is 15.6 Å². The molecule has 0 spiro atoms. The molecule has 2 rings (SSSR count). The van der Waals surface area contributed by atoms with Gasteiger partial charge in [0.2, 0.25) is 0 Å². The highest BCUT2D eigenvalue weighted by molar-refractivity contribution is 6.30. The smallest absolute Gasteiger partial charge is 0.415 e. The fourth-order valence-corrected chi connectivity index (χ4v) is 2.98. The number of nitrogens with two attached hydrogens (primary N) is 1. The molecule has 0 radical (unpaired) electrons. The van der Waals surface area contributed by atoms with Gasteiger partial charge in [-0.15, -0.1) is 0 Å². The van der Waals surface area contributed by atoms with E-state index in [0.29, 0.717) is 5.02 Å². The fraction of sp³-hybridized carbons (Fsp3) is 0.391. The van der Waals surface area contributed by atoms with Crippen LogP contribution >= 0.6 is 11.6 Å². The summed E-state index contributed by atoms with van der Waals surface area (Å²) in [5, 5.41) is 12.2. The zero-order valence-corrected chi connectivity index (χ0v) is 20.8. The molecule has 1 aromatic heterocycles. The number of benzene rings is 1. The molecule has 0 bridgehead atoms. The number of rotatable bonds is 7. The molecule has 1 aromatic carbocycles. The molecular formula is C23H27ClF3N5O4. The summed E-state index contributed by atoms with van der Waals surface area (Å²) >= 11 is 5.73. The van der Waals surface area contributed by atoms with E-state index in [1.165, 1.54) is 18.3 Å². The molecule has 1 unspecified atom stereocenters. The fourth-order valence-electron chi connectivity index (χ4n) is 2.86. The van der Waals surface area contributed by atoms with Gasteiger partial charge in [-0.25, -0.2) is 28.3 Å². The van der Waals surface area contributed by atoms with Crippen LogP contribution in [0.5, 0.6) is 0 Å². The summed E-state index contributed by atoms with van der Waals surface area (Å²) in [4.78, 5) is 27.7. The topological polar surface area (TPSA) is 139 Å². The average Bonchev–Trinajstić information content (AvgIpc) is 2.76. The second-order valence-corrected chi connectivity index (χ2v) is 9.28. The lowest BCUT2D eigenvalue weighted by Gasteiger charge is -2.25. The third-order valence-electron chi connectivity index (χ3n) is 4.78. The van der Waals surface area contributed by atoms with Gasteiger partial charge in [0.15, 0.2) is 6.61 Å². The van der Waals surface area contributed by atoms with Crippen LogP contribution in [0.4, 0.5) is 23.7 Å². The SMILES string of the molecule is CC(c1cc(N)c(CNC(=O)c2ccc(Cl)cn2)cc1F)C(F)(F)COC(=N)NC(=O)OC(C)(C)C. The lowest BCUT2D eigenvalue weighted by atomic mass is 9.92. The molecule has 9 nitrogen and oxygen atoms in total. The van der Waals surface area contributed by atoms with Crippen molar-refractivity contribution in [3.05, 3.63) is 58.1 Å². The van der Waals surface area contributed by atoms with E-state index in [9.17, 15) is 22.8 Å². The second-order valence-electron chi connectivity index (χ2n) is 8.84. The zero-order valence-electron chi connectivity index (χ0n) is 20.0. The molecule has 0 saturated heterocycles. The number of halogens is 4. The number of hydrogen-bond acceptors (Lipinski definition) is 7. The highest BCUT2D eigenvalue weighted by Gasteiger charge is 2.40. The maximum Gasteiger partial charge on any atom is 0.415 e. The first-order valence-corrected chi connectivity index (χ1v) is 11.0. The summed E-state index contributed by atoms with van der Waals surface area (Å²) in [6, 6.07) is 3.95. The average molecular weight is 530 g/mol. The van der Waals surface area contributed by atoms with E-state index in [0.717, 1.165) is 19.1 Å². The van der Waals surface area contributed by atoms with Crippen LogP contribution < -0.4 is 16.4 Å². The molecule has 2 amide bonds. The summed E-state index contributed by atoms with van der Waals surface area (Å²) in [7, 11) is 0. The van der Waals surface area contributed by atoms with Gasteiger partial charge >= 0.3 is 6.09 Å². The van der Waals surface area contributed by atoms with Crippen molar-refractivity contribution in [3.8, 4) is 0 Å². The number of ether oxygens (including phenoxy) is 2. The van der Waals surface area contributed by atoms with E-state index in [-0.39, 0.29) is 29.1 Å². The lowest BCUT2D eigenvalue weighted by molar-refractivity contribution is -0.0658. The summed E-state index contributed by atoms with van der Waals surface area (Å²) in [5.41, 5.74) is 4.91. The minimum absolute atomic E-state index is 0.0151. The number of amides is 2. The maximum atomic E-state index is 14.7. The van der Waals surface area contributed by atoms with Gasteiger partial charge in [-0.2, -0.15) is 0 Å². The molecule has 0 aliphatic heterocycles. The zero-order chi connectivity index (χ0) is 27.3. The van der Waals surface area contributed by atoms with Crippen LogP contribution in [0.3, 0.4) is 0 Å². The number of amidine groups is 1. The van der Waals surface area contributed by atoms with Gasteiger partial charge < -0.3 is 20.5 Å². The van der Waals surface area contributed by atoms with Crippen LogP contribution in [0, 0.1) is 11.2 Å². The van der Waals surface area contributed by atoms with Crippen molar-refractivity contribution in [1.29, 1.82) is 5.41 Å². The van der Waals surface area contributed by atoms with E-state index in [1.807, 2.05) is 5.32 Å². The quantitative estimate of drug-likeness (QED) is 0.235.